The second kappa shape index (κ2) is 7.83. The molecule has 1 atom stereocenters. The lowest BCUT2D eigenvalue weighted by Gasteiger charge is -2.16. The zero-order valence-electron chi connectivity index (χ0n) is 11.7. The fourth-order valence-corrected chi connectivity index (χ4v) is 3.11. The highest BCUT2D eigenvalue weighted by Crippen LogP contribution is 2.19. The highest BCUT2D eigenvalue weighted by Gasteiger charge is 2.07. The minimum atomic E-state index is 0.701. The van der Waals surface area contributed by atoms with Gasteiger partial charge in [-0.15, -0.1) is 11.3 Å². The Bertz CT molecular complexity index is 295. The van der Waals surface area contributed by atoms with Crippen LogP contribution >= 0.6 is 11.3 Å². The molecule has 1 rings (SSSR count). The van der Waals surface area contributed by atoms with E-state index >= 15 is 0 Å². The molecule has 1 unspecified atom stereocenters. The maximum absolute atomic E-state index is 4.60. The molecule has 0 aliphatic rings. The molecule has 0 aliphatic carbocycles. The third-order valence-corrected chi connectivity index (χ3v) is 4.28. The molecule has 1 N–H and O–H groups in total. The molecule has 0 amide bonds. The van der Waals surface area contributed by atoms with E-state index in [9.17, 15) is 0 Å². The van der Waals surface area contributed by atoms with E-state index in [1.54, 1.807) is 0 Å². The summed E-state index contributed by atoms with van der Waals surface area (Å²) < 4.78 is 0. The first-order valence-corrected chi connectivity index (χ1v) is 7.65. The van der Waals surface area contributed by atoms with Gasteiger partial charge in [-0.3, -0.25) is 0 Å². The molecule has 0 spiro atoms. The molecule has 0 fully saturated rings. The average Bonchev–Trinajstić information content (AvgIpc) is 2.59. The van der Waals surface area contributed by atoms with E-state index in [1.165, 1.54) is 41.3 Å². The number of aryl methyl sites for hydroxylation is 3. The molecule has 17 heavy (non-hydrogen) atoms. The molecule has 0 saturated carbocycles. The first kappa shape index (κ1) is 14.7. The van der Waals surface area contributed by atoms with Gasteiger partial charge in [0.25, 0.3) is 0 Å². The minimum Gasteiger partial charge on any atom is -0.314 e. The number of hydrogen-bond acceptors (Lipinski definition) is 3. The van der Waals surface area contributed by atoms with Gasteiger partial charge in [0.05, 0.1) is 10.7 Å². The van der Waals surface area contributed by atoms with E-state index < -0.39 is 0 Å². The van der Waals surface area contributed by atoms with E-state index in [2.05, 4.69) is 38.0 Å². The van der Waals surface area contributed by atoms with Crippen molar-refractivity contribution >= 4 is 11.3 Å². The van der Waals surface area contributed by atoms with Crippen molar-refractivity contribution in [2.45, 2.75) is 65.8 Å². The summed E-state index contributed by atoms with van der Waals surface area (Å²) >= 11 is 1.86. The van der Waals surface area contributed by atoms with Gasteiger partial charge >= 0.3 is 0 Å². The fraction of sp³-hybridized carbons (Fsp3) is 0.786. The number of rotatable bonds is 8. The third-order valence-electron chi connectivity index (χ3n) is 3.15. The summed E-state index contributed by atoms with van der Waals surface area (Å²) in [5.41, 5.74) is 1.21. The predicted molar refractivity (Wildman–Crippen MR) is 76.9 cm³/mol. The Kier molecular flexibility index (Phi) is 6.75. The summed E-state index contributed by atoms with van der Waals surface area (Å²) in [4.78, 5) is 5.97. The van der Waals surface area contributed by atoms with Crippen molar-refractivity contribution in [3.05, 3.63) is 15.6 Å². The Morgan fingerprint density at radius 2 is 2.00 bits per heavy atom. The Hall–Kier alpha value is -0.410. The van der Waals surface area contributed by atoms with Gasteiger partial charge in [-0.1, -0.05) is 20.3 Å². The summed E-state index contributed by atoms with van der Waals surface area (Å²) in [6.07, 6.45) is 6.24. The number of nitrogens with zero attached hydrogens (tertiary/aromatic N) is 1. The van der Waals surface area contributed by atoms with Gasteiger partial charge in [-0.05, 0) is 46.1 Å². The third kappa shape index (κ3) is 5.17. The van der Waals surface area contributed by atoms with Gasteiger partial charge in [0.2, 0.25) is 0 Å². The molecule has 0 aliphatic heterocycles. The molecule has 1 heterocycles. The van der Waals surface area contributed by atoms with E-state index in [0.29, 0.717) is 6.04 Å². The Morgan fingerprint density at radius 1 is 1.24 bits per heavy atom. The van der Waals surface area contributed by atoms with Crippen molar-refractivity contribution in [3.63, 3.8) is 0 Å². The molecule has 0 bridgehead atoms. The van der Waals surface area contributed by atoms with Gasteiger partial charge in [-0.2, -0.15) is 0 Å². The molecule has 3 heteroatoms. The number of nitrogens with one attached hydrogen (secondary N) is 1. The van der Waals surface area contributed by atoms with Crippen molar-refractivity contribution in [1.29, 1.82) is 0 Å². The Morgan fingerprint density at radius 3 is 2.53 bits per heavy atom. The Balaban J connectivity index is 2.30. The van der Waals surface area contributed by atoms with Crippen LogP contribution in [0.15, 0.2) is 0 Å². The summed E-state index contributed by atoms with van der Waals surface area (Å²) in [6, 6.07) is 0.701. The molecule has 98 valence electrons. The highest BCUT2D eigenvalue weighted by molar-refractivity contribution is 7.11. The van der Waals surface area contributed by atoms with Crippen molar-refractivity contribution in [2.75, 3.05) is 6.54 Å². The van der Waals surface area contributed by atoms with Gasteiger partial charge in [-0.25, -0.2) is 4.98 Å². The molecular formula is C14H26N2S. The second-order valence-electron chi connectivity index (χ2n) is 4.68. The zero-order valence-corrected chi connectivity index (χ0v) is 12.5. The first-order chi connectivity index (χ1) is 8.17. The van der Waals surface area contributed by atoms with E-state index in [0.717, 1.165) is 13.0 Å². The summed E-state index contributed by atoms with van der Waals surface area (Å²) in [5, 5.41) is 4.88. The second-order valence-corrected chi connectivity index (χ2v) is 5.97. The molecular weight excluding hydrogens is 228 g/mol. The summed E-state index contributed by atoms with van der Waals surface area (Å²) in [7, 11) is 0. The molecule has 0 saturated heterocycles. The molecule has 1 aromatic heterocycles. The first-order valence-electron chi connectivity index (χ1n) is 6.83. The van der Waals surface area contributed by atoms with Crippen LogP contribution in [-0.4, -0.2) is 17.6 Å². The fourth-order valence-electron chi connectivity index (χ4n) is 2.13. The van der Waals surface area contributed by atoms with Crippen molar-refractivity contribution < 1.29 is 0 Å². The van der Waals surface area contributed by atoms with Crippen LogP contribution in [0, 0.1) is 13.8 Å². The smallest absolute Gasteiger partial charge is 0.0930 e. The van der Waals surface area contributed by atoms with Gasteiger partial charge in [0, 0.05) is 10.9 Å². The molecule has 0 radical (unpaired) electrons. The lowest BCUT2D eigenvalue weighted by Crippen LogP contribution is -2.28. The van der Waals surface area contributed by atoms with Crippen LogP contribution in [0.5, 0.6) is 0 Å². The number of aromatic nitrogens is 1. The van der Waals surface area contributed by atoms with E-state index in [1.807, 2.05) is 11.3 Å². The highest BCUT2D eigenvalue weighted by atomic mass is 32.1. The maximum Gasteiger partial charge on any atom is 0.0930 e. The summed E-state index contributed by atoms with van der Waals surface area (Å²) in [6.45, 7) is 9.80. The molecule has 1 aromatic rings. The van der Waals surface area contributed by atoms with Crippen molar-refractivity contribution in [3.8, 4) is 0 Å². The maximum atomic E-state index is 4.60. The van der Waals surface area contributed by atoms with Crippen LogP contribution in [0.1, 0.15) is 55.1 Å². The largest absolute Gasteiger partial charge is 0.314 e. The van der Waals surface area contributed by atoms with Crippen LogP contribution in [0.4, 0.5) is 0 Å². The quantitative estimate of drug-likeness (QED) is 0.762. The zero-order chi connectivity index (χ0) is 12.7. The Labute approximate surface area is 110 Å². The normalized spacial score (nSPS) is 12.9. The van der Waals surface area contributed by atoms with Gasteiger partial charge in [0.1, 0.15) is 0 Å². The number of hydrogen-bond donors (Lipinski definition) is 1. The van der Waals surface area contributed by atoms with Crippen LogP contribution in [0.25, 0.3) is 0 Å². The van der Waals surface area contributed by atoms with Crippen LogP contribution in [0.3, 0.4) is 0 Å². The van der Waals surface area contributed by atoms with E-state index in [4.69, 9.17) is 0 Å². The van der Waals surface area contributed by atoms with Gasteiger partial charge < -0.3 is 5.32 Å². The topological polar surface area (TPSA) is 24.9 Å². The van der Waals surface area contributed by atoms with Crippen molar-refractivity contribution in [1.82, 2.24) is 10.3 Å². The van der Waals surface area contributed by atoms with Crippen LogP contribution < -0.4 is 5.32 Å². The van der Waals surface area contributed by atoms with Crippen molar-refractivity contribution in [2.24, 2.45) is 0 Å². The molecule has 2 nitrogen and oxygen atoms in total. The SMILES string of the molecule is CCCC(CCCc1nc(C)c(C)s1)NCC. The number of thiazole rings is 1. The van der Waals surface area contributed by atoms with E-state index in [-0.39, 0.29) is 0 Å². The van der Waals surface area contributed by atoms with Crippen LogP contribution in [0.2, 0.25) is 0 Å². The monoisotopic (exact) mass is 254 g/mol. The lowest BCUT2D eigenvalue weighted by atomic mass is 10.1. The van der Waals surface area contributed by atoms with Crippen LogP contribution in [-0.2, 0) is 6.42 Å². The molecule has 0 aromatic carbocycles. The lowest BCUT2D eigenvalue weighted by molar-refractivity contribution is 0.447. The minimum absolute atomic E-state index is 0.701. The predicted octanol–water partition coefficient (Wildman–Crippen LogP) is 3.86. The standard InChI is InChI=1S/C14H26N2S/c1-5-8-13(15-6-2)9-7-10-14-16-11(3)12(4)17-14/h13,15H,5-10H2,1-4H3. The average molecular weight is 254 g/mol. The summed E-state index contributed by atoms with van der Waals surface area (Å²) in [5.74, 6) is 0. The van der Waals surface area contributed by atoms with Gasteiger partial charge in [0.15, 0.2) is 0 Å².